The van der Waals surface area contributed by atoms with E-state index in [1.165, 1.54) is 6.07 Å². The highest BCUT2D eigenvalue weighted by atomic mass is 79.9. The molecule has 0 aromatic heterocycles. The lowest BCUT2D eigenvalue weighted by molar-refractivity contribution is 0.528. The molecule has 2 aromatic rings. The van der Waals surface area contributed by atoms with E-state index in [0.29, 0.717) is 26.6 Å². The minimum absolute atomic E-state index is 0.0112. The lowest BCUT2D eigenvalue weighted by Gasteiger charge is -2.22. The van der Waals surface area contributed by atoms with Crippen LogP contribution in [0.15, 0.2) is 39.3 Å². The molecule has 2 aromatic carbocycles. The Morgan fingerprint density at radius 1 is 1.14 bits per heavy atom. The number of rotatable bonds is 4. The van der Waals surface area contributed by atoms with E-state index >= 15 is 0 Å². The summed E-state index contributed by atoms with van der Waals surface area (Å²) >= 11 is 12.4. The Bertz CT molecular complexity index is 644. The lowest BCUT2D eigenvalue weighted by atomic mass is 9.97. The third kappa shape index (κ3) is 3.47. The number of hydrogen-bond donors (Lipinski definition) is 1. The maximum Gasteiger partial charge on any atom is 0.148 e. The predicted octanol–water partition coefficient (Wildman–Crippen LogP) is 5.84. The second-order valence-corrected chi connectivity index (χ2v) is 6.48. The first-order valence-corrected chi connectivity index (χ1v) is 8.24. The van der Waals surface area contributed by atoms with E-state index < -0.39 is 17.7 Å². The van der Waals surface area contributed by atoms with Gasteiger partial charge in [0.1, 0.15) is 11.6 Å². The molecule has 1 atom stereocenters. The second kappa shape index (κ2) is 7.18. The van der Waals surface area contributed by atoms with Crippen LogP contribution >= 0.6 is 43.5 Å². The number of hydrogen-bond acceptors (Lipinski definition) is 1. The van der Waals surface area contributed by atoms with Crippen LogP contribution in [-0.2, 0) is 0 Å². The summed E-state index contributed by atoms with van der Waals surface area (Å²) in [5.41, 5.74) is 0.660. The molecule has 6 heteroatoms. The van der Waals surface area contributed by atoms with Crippen LogP contribution < -0.4 is 5.32 Å². The van der Waals surface area contributed by atoms with Gasteiger partial charge in [-0.2, -0.15) is 0 Å². The maximum absolute atomic E-state index is 14.4. The van der Waals surface area contributed by atoms with Crippen molar-refractivity contribution in [3.8, 4) is 0 Å². The monoisotopic (exact) mass is 437 g/mol. The van der Waals surface area contributed by atoms with Crippen LogP contribution in [-0.4, -0.2) is 6.54 Å². The van der Waals surface area contributed by atoms with Gasteiger partial charge in [-0.3, -0.25) is 0 Å². The summed E-state index contributed by atoms with van der Waals surface area (Å²) in [5, 5.41) is 3.09. The molecular formula is C15H12Br2ClF2N. The first-order chi connectivity index (χ1) is 9.97. The summed E-state index contributed by atoms with van der Waals surface area (Å²) in [6, 6.07) is 7.29. The molecular weight excluding hydrogens is 427 g/mol. The van der Waals surface area contributed by atoms with E-state index in [0.717, 1.165) is 0 Å². The Balaban J connectivity index is 2.62. The van der Waals surface area contributed by atoms with Crippen molar-refractivity contribution >= 4 is 43.5 Å². The van der Waals surface area contributed by atoms with Crippen LogP contribution in [0, 0.1) is 11.6 Å². The molecule has 0 heterocycles. The predicted molar refractivity (Wildman–Crippen MR) is 88.7 cm³/mol. The number of nitrogens with one attached hydrogen (secondary N) is 1. The molecule has 0 spiro atoms. The van der Waals surface area contributed by atoms with E-state index in [4.69, 9.17) is 11.6 Å². The van der Waals surface area contributed by atoms with Crippen LogP contribution in [0.3, 0.4) is 0 Å². The average molecular weight is 440 g/mol. The smallest absolute Gasteiger partial charge is 0.148 e. The van der Waals surface area contributed by atoms with E-state index in [-0.39, 0.29) is 5.02 Å². The molecule has 0 aliphatic carbocycles. The zero-order valence-electron chi connectivity index (χ0n) is 11.1. The van der Waals surface area contributed by atoms with Gasteiger partial charge < -0.3 is 5.32 Å². The van der Waals surface area contributed by atoms with Crippen LogP contribution in [0.25, 0.3) is 0 Å². The molecule has 1 nitrogen and oxygen atoms in total. The number of benzene rings is 2. The lowest BCUT2D eigenvalue weighted by Crippen LogP contribution is -2.24. The van der Waals surface area contributed by atoms with Gasteiger partial charge >= 0.3 is 0 Å². The van der Waals surface area contributed by atoms with Crippen LogP contribution in [0.4, 0.5) is 8.78 Å². The highest BCUT2D eigenvalue weighted by molar-refractivity contribution is 9.10. The Kier molecular flexibility index (Phi) is 5.77. The van der Waals surface area contributed by atoms with Crippen molar-refractivity contribution in [2.45, 2.75) is 13.0 Å². The normalized spacial score (nSPS) is 12.5. The first kappa shape index (κ1) is 16.9. The Hall–Kier alpha value is -0.490. The van der Waals surface area contributed by atoms with Crippen LogP contribution in [0.1, 0.15) is 24.1 Å². The quantitative estimate of drug-likeness (QED) is 0.590. The molecule has 0 fully saturated rings. The van der Waals surface area contributed by atoms with Gasteiger partial charge in [0.05, 0.1) is 11.1 Å². The van der Waals surface area contributed by atoms with Crippen molar-refractivity contribution in [3.63, 3.8) is 0 Å². The van der Waals surface area contributed by atoms with Gasteiger partial charge in [-0.15, -0.1) is 0 Å². The molecule has 2 rings (SSSR count). The third-order valence-electron chi connectivity index (χ3n) is 3.07. The third-order valence-corrected chi connectivity index (χ3v) is 5.02. The van der Waals surface area contributed by atoms with Gasteiger partial charge in [0.2, 0.25) is 0 Å². The molecule has 21 heavy (non-hydrogen) atoms. The fourth-order valence-corrected chi connectivity index (χ4v) is 3.17. The fourth-order valence-electron chi connectivity index (χ4n) is 2.12. The molecule has 0 saturated heterocycles. The molecule has 0 amide bonds. The standard InChI is InChI=1S/C15H12Br2ClF2N/c1-2-21-15(12-9(16)4-3-5-11(12)19)8-6-7-10(17)13(18)14(8)20/h3-7,15,21H,2H2,1H3. The second-order valence-electron chi connectivity index (χ2n) is 4.39. The van der Waals surface area contributed by atoms with E-state index in [2.05, 4.69) is 37.2 Å². The molecule has 1 unspecified atom stereocenters. The van der Waals surface area contributed by atoms with Crippen molar-refractivity contribution in [1.82, 2.24) is 5.32 Å². The van der Waals surface area contributed by atoms with Gasteiger partial charge in [-0.25, -0.2) is 8.78 Å². The molecule has 0 aliphatic rings. The van der Waals surface area contributed by atoms with Crippen LogP contribution in [0.2, 0.25) is 5.02 Å². The molecule has 0 saturated carbocycles. The van der Waals surface area contributed by atoms with Gasteiger partial charge in [0.15, 0.2) is 0 Å². The van der Waals surface area contributed by atoms with Crippen molar-refractivity contribution in [3.05, 3.63) is 67.1 Å². The minimum atomic E-state index is -0.629. The Morgan fingerprint density at radius 3 is 2.48 bits per heavy atom. The highest BCUT2D eigenvalue weighted by Crippen LogP contribution is 2.36. The summed E-state index contributed by atoms with van der Waals surface area (Å²) in [6.07, 6.45) is 0. The van der Waals surface area contributed by atoms with Gasteiger partial charge in [-0.1, -0.05) is 46.6 Å². The fraction of sp³-hybridized carbons (Fsp3) is 0.200. The first-order valence-electron chi connectivity index (χ1n) is 6.28. The van der Waals surface area contributed by atoms with Gasteiger partial charge in [-0.05, 0) is 40.7 Å². The average Bonchev–Trinajstić information content (AvgIpc) is 2.44. The van der Waals surface area contributed by atoms with Gasteiger partial charge in [0.25, 0.3) is 0 Å². The minimum Gasteiger partial charge on any atom is -0.306 e. The van der Waals surface area contributed by atoms with Crippen molar-refractivity contribution in [2.24, 2.45) is 0 Å². The van der Waals surface area contributed by atoms with E-state index in [9.17, 15) is 8.78 Å². The molecule has 1 N–H and O–H groups in total. The summed E-state index contributed by atoms with van der Waals surface area (Å²) in [4.78, 5) is 0. The summed E-state index contributed by atoms with van der Waals surface area (Å²) in [6.45, 7) is 2.43. The topological polar surface area (TPSA) is 12.0 Å². The Morgan fingerprint density at radius 2 is 1.86 bits per heavy atom. The van der Waals surface area contributed by atoms with Gasteiger partial charge in [0, 0.05) is 20.1 Å². The van der Waals surface area contributed by atoms with Crippen molar-refractivity contribution < 1.29 is 8.78 Å². The van der Waals surface area contributed by atoms with Crippen molar-refractivity contribution in [2.75, 3.05) is 6.54 Å². The largest absolute Gasteiger partial charge is 0.306 e. The number of halogens is 5. The summed E-state index contributed by atoms with van der Waals surface area (Å²) in [7, 11) is 0. The summed E-state index contributed by atoms with van der Waals surface area (Å²) in [5.74, 6) is -0.971. The van der Waals surface area contributed by atoms with Crippen LogP contribution in [0.5, 0.6) is 0 Å². The Labute approximate surface area is 144 Å². The highest BCUT2D eigenvalue weighted by Gasteiger charge is 2.24. The zero-order valence-corrected chi connectivity index (χ0v) is 15.0. The van der Waals surface area contributed by atoms with E-state index in [1.807, 2.05) is 6.92 Å². The van der Waals surface area contributed by atoms with E-state index in [1.54, 1.807) is 24.3 Å². The molecule has 0 aliphatic heterocycles. The molecule has 112 valence electrons. The van der Waals surface area contributed by atoms with Crippen molar-refractivity contribution in [1.29, 1.82) is 0 Å². The molecule has 0 radical (unpaired) electrons. The SMILES string of the molecule is CCNC(c1ccc(Br)c(Cl)c1F)c1c(F)cccc1Br. The maximum atomic E-state index is 14.4. The molecule has 0 bridgehead atoms. The summed E-state index contributed by atoms with van der Waals surface area (Å²) < 4.78 is 29.7. The zero-order chi connectivity index (χ0) is 15.6.